The van der Waals surface area contributed by atoms with Crippen molar-refractivity contribution in [3.63, 3.8) is 0 Å². The molecule has 0 radical (unpaired) electrons. The zero-order chi connectivity index (χ0) is 11.6. The summed E-state index contributed by atoms with van der Waals surface area (Å²) in [7, 11) is 0. The monoisotopic (exact) mass is 209 g/mol. The first kappa shape index (κ1) is 12.2. The van der Waals surface area contributed by atoms with Crippen LogP contribution in [0.4, 0.5) is 0 Å². The molecule has 0 aliphatic rings. The summed E-state index contributed by atoms with van der Waals surface area (Å²) in [6.07, 6.45) is 0.864. The molecule has 2 N–H and O–H groups in total. The SMILES string of the molecule is CC(C)c1cc(CCN)nn1C(C)(C)C. The molecule has 1 rings (SSSR count). The van der Waals surface area contributed by atoms with Crippen molar-refractivity contribution in [3.05, 3.63) is 17.5 Å². The fraction of sp³-hybridized carbons (Fsp3) is 0.750. The Bertz CT molecular complexity index is 318. The van der Waals surface area contributed by atoms with Gasteiger partial charge in [0.1, 0.15) is 0 Å². The molecule has 0 atom stereocenters. The van der Waals surface area contributed by atoms with Crippen molar-refractivity contribution >= 4 is 0 Å². The zero-order valence-corrected chi connectivity index (χ0v) is 10.5. The molecule has 3 heteroatoms. The van der Waals surface area contributed by atoms with E-state index >= 15 is 0 Å². The Balaban J connectivity index is 3.12. The lowest BCUT2D eigenvalue weighted by atomic mass is 10.1. The second kappa shape index (κ2) is 4.35. The first-order valence-electron chi connectivity index (χ1n) is 5.65. The maximum Gasteiger partial charge on any atom is 0.0640 e. The van der Waals surface area contributed by atoms with Gasteiger partial charge in [0.25, 0.3) is 0 Å². The van der Waals surface area contributed by atoms with Crippen LogP contribution < -0.4 is 5.73 Å². The first-order valence-corrected chi connectivity index (χ1v) is 5.65. The number of nitrogens with two attached hydrogens (primary N) is 1. The Labute approximate surface area is 92.7 Å². The normalized spacial score (nSPS) is 12.5. The minimum atomic E-state index is 0.0481. The molecule has 86 valence electrons. The molecule has 0 aromatic carbocycles. The molecule has 0 fully saturated rings. The van der Waals surface area contributed by atoms with Crippen molar-refractivity contribution in [3.8, 4) is 0 Å². The minimum Gasteiger partial charge on any atom is -0.330 e. The molecule has 0 amide bonds. The van der Waals surface area contributed by atoms with Gasteiger partial charge >= 0.3 is 0 Å². The van der Waals surface area contributed by atoms with Gasteiger partial charge in [0.2, 0.25) is 0 Å². The molecular weight excluding hydrogens is 186 g/mol. The molecule has 1 heterocycles. The Morgan fingerprint density at radius 3 is 2.33 bits per heavy atom. The topological polar surface area (TPSA) is 43.8 Å². The second-order valence-electron chi connectivity index (χ2n) is 5.34. The molecule has 0 spiro atoms. The highest BCUT2D eigenvalue weighted by molar-refractivity contribution is 5.15. The van der Waals surface area contributed by atoms with Crippen molar-refractivity contribution in [1.29, 1.82) is 0 Å². The summed E-state index contributed by atoms with van der Waals surface area (Å²) in [5.74, 6) is 0.503. The third-order valence-electron chi connectivity index (χ3n) is 2.41. The Morgan fingerprint density at radius 1 is 1.40 bits per heavy atom. The summed E-state index contributed by atoms with van der Waals surface area (Å²) in [6.45, 7) is 11.6. The number of rotatable bonds is 3. The Hall–Kier alpha value is -0.830. The Kier molecular flexibility index (Phi) is 3.55. The van der Waals surface area contributed by atoms with Crippen molar-refractivity contribution in [2.75, 3.05) is 6.54 Å². The van der Waals surface area contributed by atoms with Crippen LogP contribution in [0.2, 0.25) is 0 Å². The van der Waals surface area contributed by atoms with Gasteiger partial charge in [-0.15, -0.1) is 0 Å². The van der Waals surface area contributed by atoms with E-state index < -0.39 is 0 Å². The van der Waals surface area contributed by atoms with Crippen molar-refractivity contribution in [2.24, 2.45) is 5.73 Å². The number of hydrogen-bond donors (Lipinski definition) is 1. The molecule has 0 aliphatic carbocycles. The lowest BCUT2D eigenvalue weighted by Gasteiger charge is -2.23. The van der Waals surface area contributed by atoms with Crippen LogP contribution >= 0.6 is 0 Å². The van der Waals surface area contributed by atoms with E-state index in [-0.39, 0.29) is 5.54 Å². The summed E-state index contributed by atoms with van der Waals surface area (Å²) in [4.78, 5) is 0. The van der Waals surface area contributed by atoms with E-state index in [0.29, 0.717) is 12.5 Å². The maximum absolute atomic E-state index is 5.56. The molecule has 0 bridgehead atoms. The van der Waals surface area contributed by atoms with E-state index in [2.05, 4.69) is 50.5 Å². The van der Waals surface area contributed by atoms with Crippen LogP contribution in [-0.4, -0.2) is 16.3 Å². The van der Waals surface area contributed by atoms with Gasteiger partial charge in [-0.05, 0) is 39.3 Å². The average Bonchev–Trinajstić information content (AvgIpc) is 2.48. The van der Waals surface area contributed by atoms with Crippen molar-refractivity contribution in [1.82, 2.24) is 9.78 Å². The fourth-order valence-electron chi connectivity index (χ4n) is 1.67. The molecular formula is C12H23N3. The standard InChI is InChI=1S/C12H23N3/c1-9(2)11-8-10(6-7-13)14-15(11)12(3,4)5/h8-9H,6-7,13H2,1-5H3. The van der Waals surface area contributed by atoms with Gasteiger partial charge in [-0.1, -0.05) is 13.8 Å². The van der Waals surface area contributed by atoms with Crippen LogP contribution in [0.1, 0.15) is 51.9 Å². The first-order chi connectivity index (χ1) is 6.86. The summed E-state index contributed by atoms with van der Waals surface area (Å²) < 4.78 is 2.13. The van der Waals surface area contributed by atoms with Crippen LogP contribution in [0.15, 0.2) is 6.07 Å². The predicted molar refractivity (Wildman–Crippen MR) is 64.1 cm³/mol. The van der Waals surface area contributed by atoms with Gasteiger partial charge < -0.3 is 5.73 Å². The number of aromatic nitrogens is 2. The number of nitrogens with zero attached hydrogens (tertiary/aromatic N) is 2. The largest absolute Gasteiger partial charge is 0.330 e. The maximum atomic E-state index is 5.56. The quantitative estimate of drug-likeness (QED) is 0.830. The molecule has 0 saturated carbocycles. The van der Waals surface area contributed by atoms with E-state index in [1.807, 2.05) is 0 Å². The fourth-order valence-corrected chi connectivity index (χ4v) is 1.67. The minimum absolute atomic E-state index is 0.0481. The van der Waals surface area contributed by atoms with E-state index in [1.54, 1.807) is 0 Å². The van der Waals surface area contributed by atoms with E-state index in [9.17, 15) is 0 Å². The highest BCUT2D eigenvalue weighted by Crippen LogP contribution is 2.23. The van der Waals surface area contributed by atoms with Crippen LogP contribution in [-0.2, 0) is 12.0 Å². The number of hydrogen-bond acceptors (Lipinski definition) is 2. The molecule has 1 aromatic rings. The van der Waals surface area contributed by atoms with Crippen LogP contribution in [0.25, 0.3) is 0 Å². The van der Waals surface area contributed by atoms with Gasteiger partial charge in [-0.3, -0.25) is 4.68 Å². The smallest absolute Gasteiger partial charge is 0.0640 e. The lowest BCUT2D eigenvalue weighted by molar-refractivity contribution is 0.337. The van der Waals surface area contributed by atoms with Crippen LogP contribution in [0, 0.1) is 0 Å². The van der Waals surface area contributed by atoms with Crippen LogP contribution in [0.3, 0.4) is 0 Å². The highest BCUT2D eigenvalue weighted by Gasteiger charge is 2.20. The second-order valence-corrected chi connectivity index (χ2v) is 5.34. The van der Waals surface area contributed by atoms with Gasteiger partial charge in [0.05, 0.1) is 11.2 Å². The van der Waals surface area contributed by atoms with Gasteiger partial charge in [-0.2, -0.15) is 5.10 Å². The Morgan fingerprint density at radius 2 is 2.00 bits per heavy atom. The summed E-state index contributed by atoms with van der Waals surface area (Å²) >= 11 is 0. The molecule has 0 saturated heterocycles. The van der Waals surface area contributed by atoms with Gasteiger partial charge in [0.15, 0.2) is 0 Å². The van der Waals surface area contributed by atoms with E-state index in [0.717, 1.165) is 12.1 Å². The summed E-state index contributed by atoms with van der Waals surface area (Å²) in [6, 6.07) is 2.18. The third kappa shape index (κ3) is 2.81. The average molecular weight is 209 g/mol. The van der Waals surface area contributed by atoms with Crippen LogP contribution in [0.5, 0.6) is 0 Å². The zero-order valence-electron chi connectivity index (χ0n) is 10.5. The third-order valence-corrected chi connectivity index (χ3v) is 2.41. The molecule has 0 aliphatic heterocycles. The molecule has 15 heavy (non-hydrogen) atoms. The van der Waals surface area contributed by atoms with E-state index in [4.69, 9.17) is 5.73 Å². The molecule has 1 aromatic heterocycles. The van der Waals surface area contributed by atoms with Crippen molar-refractivity contribution in [2.45, 2.75) is 52.5 Å². The van der Waals surface area contributed by atoms with E-state index in [1.165, 1.54) is 5.69 Å². The van der Waals surface area contributed by atoms with Gasteiger partial charge in [0, 0.05) is 12.1 Å². The van der Waals surface area contributed by atoms with Gasteiger partial charge in [-0.25, -0.2) is 0 Å². The highest BCUT2D eigenvalue weighted by atomic mass is 15.3. The molecule has 0 unspecified atom stereocenters. The molecule has 3 nitrogen and oxygen atoms in total. The van der Waals surface area contributed by atoms with Crippen molar-refractivity contribution < 1.29 is 0 Å². The summed E-state index contributed by atoms with van der Waals surface area (Å²) in [5, 5.41) is 4.63. The predicted octanol–water partition coefficient (Wildman–Crippen LogP) is 2.26. The summed E-state index contributed by atoms with van der Waals surface area (Å²) in [5.41, 5.74) is 8.01. The lowest BCUT2D eigenvalue weighted by Crippen LogP contribution is -2.26.